The summed E-state index contributed by atoms with van der Waals surface area (Å²) in [7, 11) is 0. The van der Waals surface area contributed by atoms with Gasteiger partial charge in [-0.25, -0.2) is 9.97 Å². The molecule has 13 heteroatoms. The molecule has 0 spiro atoms. The molecule has 5 rings (SSSR count). The third-order valence-electron chi connectivity index (χ3n) is 6.58. The Morgan fingerprint density at radius 2 is 1.82 bits per heavy atom. The zero-order valence-corrected chi connectivity index (χ0v) is 21.3. The van der Waals surface area contributed by atoms with E-state index in [-0.39, 0.29) is 16.8 Å². The van der Waals surface area contributed by atoms with Gasteiger partial charge in [-0.05, 0) is 55.0 Å². The standard InChI is InChI=1S/C27H25F3N6O4/c1-16(35-8-10-39-11-9-35)25(37)34-22-13-19(4-6-23(22)40-27(28,29)30)36-15-33-21-12-17(2-5-20(21)26(36)38)18-3-7-24(31)32-14-18/h2-7,12-16H,8-11H2,1H3,(H2,31,32)(H,34,37). The number of anilines is 2. The van der Waals surface area contributed by atoms with Crippen LogP contribution >= 0.6 is 0 Å². The number of pyridine rings is 1. The van der Waals surface area contributed by atoms with Crippen molar-refractivity contribution in [3.63, 3.8) is 0 Å². The molecule has 208 valence electrons. The van der Waals surface area contributed by atoms with Gasteiger partial charge in [0.25, 0.3) is 5.56 Å². The number of ether oxygens (including phenoxy) is 2. The SMILES string of the molecule is CC(C(=O)Nc1cc(-n2cnc3cc(-c4ccc(N)nc4)ccc3c2=O)ccc1OC(F)(F)F)N1CCOCC1. The zero-order chi connectivity index (χ0) is 28.4. The number of nitrogens with one attached hydrogen (secondary N) is 1. The second-order valence-electron chi connectivity index (χ2n) is 9.17. The molecule has 3 heterocycles. The lowest BCUT2D eigenvalue weighted by Gasteiger charge is -2.31. The van der Waals surface area contributed by atoms with Gasteiger partial charge >= 0.3 is 6.36 Å². The van der Waals surface area contributed by atoms with Crippen LogP contribution < -0.4 is 21.3 Å². The molecule has 1 unspecified atom stereocenters. The van der Waals surface area contributed by atoms with Gasteiger partial charge in [0.2, 0.25) is 5.91 Å². The van der Waals surface area contributed by atoms with Crippen LogP contribution in [0.5, 0.6) is 5.75 Å². The van der Waals surface area contributed by atoms with Gasteiger partial charge in [-0.15, -0.1) is 13.2 Å². The average Bonchev–Trinajstić information content (AvgIpc) is 2.94. The third-order valence-corrected chi connectivity index (χ3v) is 6.58. The van der Waals surface area contributed by atoms with Gasteiger partial charge in [0.15, 0.2) is 5.75 Å². The summed E-state index contributed by atoms with van der Waals surface area (Å²) in [4.78, 5) is 36.6. The Labute approximate surface area is 226 Å². The highest BCUT2D eigenvalue weighted by Gasteiger charge is 2.33. The van der Waals surface area contributed by atoms with Gasteiger partial charge in [0, 0.05) is 24.8 Å². The van der Waals surface area contributed by atoms with Crippen LogP contribution in [0.4, 0.5) is 24.7 Å². The number of halogens is 3. The topological polar surface area (TPSA) is 125 Å². The Morgan fingerprint density at radius 1 is 1.07 bits per heavy atom. The zero-order valence-electron chi connectivity index (χ0n) is 21.3. The minimum Gasteiger partial charge on any atom is -0.404 e. The smallest absolute Gasteiger partial charge is 0.404 e. The predicted octanol–water partition coefficient (Wildman–Crippen LogP) is 3.59. The number of carbonyl (C=O) groups excluding carboxylic acids is 1. The van der Waals surface area contributed by atoms with E-state index in [1.54, 1.807) is 43.5 Å². The Balaban J connectivity index is 1.49. The van der Waals surface area contributed by atoms with Crippen molar-refractivity contribution in [1.82, 2.24) is 19.4 Å². The number of alkyl halides is 3. The van der Waals surface area contributed by atoms with Crippen molar-refractivity contribution in [2.75, 3.05) is 37.4 Å². The number of hydrogen-bond donors (Lipinski definition) is 2. The van der Waals surface area contributed by atoms with Crippen LogP contribution in [-0.4, -0.2) is 64.0 Å². The lowest BCUT2D eigenvalue weighted by atomic mass is 10.1. The maximum absolute atomic E-state index is 13.4. The molecule has 10 nitrogen and oxygen atoms in total. The average molecular weight is 555 g/mol. The quantitative estimate of drug-likeness (QED) is 0.371. The molecule has 3 N–H and O–H groups in total. The van der Waals surface area contributed by atoms with Crippen molar-refractivity contribution in [2.45, 2.75) is 19.3 Å². The Kier molecular flexibility index (Phi) is 7.41. The summed E-state index contributed by atoms with van der Waals surface area (Å²) in [5.41, 5.74) is 7.13. The Hall–Kier alpha value is -4.49. The first kappa shape index (κ1) is 27.1. The molecule has 0 bridgehead atoms. The summed E-state index contributed by atoms with van der Waals surface area (Å²) in [6.45, 7) is 3.57. The van der Waals surface area contributed by atoms with E-state index in [4.69, 9.17) is 10.5 Å². The van der Waals surface area contributed by atoms with Crippen molar-refractivity contribution < 1.29 is 27.4 Å². The van der Waals surface area contributed by atoms with Crippen LogP contribution in [0.2, 0.25) is 0 Å². The molecule has 0 saturated carbocycles. The van der Waals surface area contributed by atoms with Crippen molar-refractivity contribution in [2.24, 2.45) is 0 Å². The first-order valence-electron chi connectivity index (χ1n) is 12.4. The summed E-state index contributed by atoms with van der Waals surface area (Å²) in [5.74, 6) is -0.759. The van der Waals surface area contributed by atoms with Crippen LogP contribution in [0.1, 0.15) is 6.92 Å². The summed E-state index contributed by atoms with van der Waals surface area (Å²) in [5, 5.41) is 2.82. The number of rotatable bonds is 6. The van der Waals surface area contributed by atoms with E-state index in [9.17, 15) is 22.8 Å². The van der Waals surface area contributed by atoms with Gasteiger partial charge in [-0.1, -0.05) is 6.07 Å². The molecular formula is C27H25F3N6O4. The molecule has 1 fully saturated rings. The van der Waals surface area contributed by atoms with Gasteiger partial charge in [0.05, 0.1) is 41.5 Å². The van der Waals surface area contributed by atoms with E-state index >= 15 is 0 Å². The Morgan fingerprint density at radius 3 is 2.52 bits per heavy atom. The van der Waals surface area contributed by atoms with Gasteiger partial charge in [0.1, 0.15) is 12.1 Å². The monoisotopic (exact) mass is 554 g/mol. The van der Waals surface area contributed by atoms with Gasteiger partial charge in [-0.3, -0.25) is 19.1 Å². The minimum atomic E-state index is -4.99. The van der Waals surface area contributed by atoms with Crippen LogP contribution in [0.15, 0.2) is 65.8 Å². The number of benzene rings is 2. The molecule has 1 atom stereocenters. The Bertz CT molecular complexity index is 1600. The normalized spacial score (nSPS) is 15.1. The summed E-state index contributed by atoms with van der Waals surface area (Å²) < 4.78 is 50.0. The summed E-state index contributed by atoms with van der Waals surface area (Å²) in [6, 6.07) is 11.5. The largest absolute Gasteiger partial charge is 0.573 e. The number of nitrogens with zero attached hydrogens (tertiary/aromatic N) is 4. The maximum atomic E-state index is 13.4. The van der Waals surface area contributed by atoms with Gasteiger partial charge in [-0.2, -0.15) is 0 Å². The second-order valence-corrected chi connectivity index (χ2v) is 9.17. The molecule has 4 aromatic rings. The molecule has 40 heavy (non-hydrogen) atoms. The fourth-order valence-electron chi connectivity index (χ4n) is 4.41. The molecule has 0 aliphatic carbocycles. The number of fused-ring (bicyclic) bond motifs is 1. The third kappa shape index (κ3) is 5.90. The highest BCUT2D eigenvalue weighted by Crippen LogP contribution is 2.32. The number of nitrogens with two attached hydrogens (primary N) is 1. The number of aromatic nitrogens is 3. The molecule has 1 amide bonds. The van der Waals surface area contributed by atoms with Crippen LogP contribution in [0.25, 0.3) is 27.7 Å². The summed E-state index contributed by atoms with van der Waals surface area (Å²) >= 11 is 0. The fraction of sp³-hybridized carbons (Fsp3) is 0.259. The molecule has 2 aromatic carbocycles. The first-order valence-corrected chi connectivity index (χ1v) is 12.4. The number of nitrogen functional groups attached to an aromatic ring is 1. The number of morpholine rings is 1. The fourth-order valence-corrected chi connectivity index (χ4v) is 4.41. The highest BCUT2D eigenvalue weighted by molar-refractivity contribution is 5.96. The van der Waals surface area contributed by atoms with E-state index < -0.39 is 29.6 Å². The van der Waals surface area contributed by atoms with Crippen molar-refractivity contribution in [1.29, 1.82) is 0 Å². The molecule has 1 aliphatic rings. The molecule has 0 radical (unpaired) electrons. The highest BCUT2D eigenvalue weighted by atomic mass is 19.4. The number of carbonyl (C=O) groups is 1. The predicted molar refractivity (Wildman–Crippen MR) is 142 cm³/mol. The second kappa shape index (κ2) is 10.9. The summed E-state index contributed by atoms with van der Waals surface area (Å²) in [6.07, 6.45) is -2.11. The van der Waals surface area contributed by atoms with Gasteiger partial charge < -0.3 is 20.5 Å². The van der Waals surface area contributed by atoms with E-state index in [1.165, 1.54) is 23.0 Å². The molecule has 1 aliphatic heterocycles. The number of hydrogen-bond acceptors (Lipinski definition) is 8. The lowest BCUT2D eigenvalue weighted by Crippen LogP contribution is -2.47. The molecule has 1 saturated heterocycles. The lowest BCUT2D eigenvalue weighted by molar-refractivity contribution is -0.274. The van der Waals surface area contributed by atoms with Crippen LogP contribution in [0.3, 0.4) is 0 Å². The van der Waals surface area contributed by atoms with Crippen molar-refractivity contribution in [3.05, 3.63) is 71.4 Å². The number of amides is 1. The van der Waals surface area contributed by atoms with E-state index in [2.05, 4.69) is 20.0 Å². The maximum Gasteiger partial charge on any atom is 0.573 e. The molecular weight excluding hydrogens is 529 g/mol. The first-order chi connectivity index (χ1) is 19.1. The minimum absolute atomic E-state index is 0.190. The van der Waals surface area contributed by atoms with E-state index in [0.29, 0.717) is 37.6 Å². The van der Waals surface area contributed by atoms with Crippen LogP contribution in [0, 0.1) is 0 Å². The van der Waals surface area contributed by atoms with Crippen molar-refractivity contribution in [3.8, 4) is 22.6 Å². The van der Waals surface area contributed by atoms with Crippen molar-refractivity contribution >= 4 is 28.3 Å². The van der Waals surface area contributed by atoms with E-state index in [0.717, 1.165) is 17.2 Å². The van der Waals surface area contributed by atoms with E-state index in [1.807, 2.05) is 4.90 Å². The van der Waals surface area contributed by atoms with Crippen LogP contribution in [-0.2, 0) is 9.53 Å². The molecule has 2 aromatic heterocycles.